The summed E-state index contributed by atoms with van der Waals surface area (Å²) in [5, 5.41) is 14.6. The van der Waals surface area contributed by atoms with Gasteiger partial charge in [0.2, 0.25) is 0 Å². The molecule has 1 aliphatic rings. The largest absolute Gasteiger partial charge is 0.349 e. The minimum atomic E-state index is -0.0824. The summed E-state index contributed by atoms with van der Waals surface area (Å²) in [4.78, 5) is 25.5. The van der Waals surface area contributed by atoms with E-state index in [1.54, 1.807) is 21.4 Å². The van der Waals surface area contributed by atoms with Crippen LogP contribution >= 0.6 is 0 Å². The second-order valence-corrected chi connectivity index (χ2v) is 7.66. The number of aromatic nitrogens is 4. The molecule has 8 heteroatoms. The number of hydrogen-bond acceptors (Lipinski definition) is 4. The van der Waals surface area contributed by atoms with Gasteiger partial charge in [0.05, 0.1) is 34.6 Å². The van der Waals surface area contributed by atoms with Gasteiger partial charge >= 0.3 is 0 Å². The Bertz CT molecular complexity index is 1120. The summed E-state index contributed by atoms with van der Waals surface area (Å²) in [6.07, 6.45) is 10.3. The van der Waals surface area contributed by atoms with Crippen LogP contribution < -0.4 is 10.6 Å². The van der Waals surface area contributed by atoms with Crippen LogP contribution in [0.3, 0.4) is 0 Å². The second kappa shape index (κ2) is 7.62. The van der Waals surface area contributed by atoms with E-state index in [4.69, 9.17) is 0 Å². The lowest BCUT2D eigenvalue weighted by Crippen LogP contribution is -2.44. The summed E-state index contributed by atoms with van der Waals surface area (Å²) < 4.78 is 3.39. The molecular formula is C22H22N6O2. The molecule has 4 aromatic rings. The predicted molar refractivity (Wildman–Crippen MR) is 111 cm³/mol. The monoisotopic (exact) mass is 402 g/mol. The van der Waals surface area contributed by atoms with Gasteiger partial charge in [-0.2, -0.15) is 10.2 Å². The lowest BCUT2D eigenvalue weighted by Gasteiger charge is -2.29. The molecule has 8 nitrogen and oxygen atoms in total. The smallest absolute Gasteiger partial charge is 0.253 e. The average Bonchev–Trinajstić information content (AvgIpc) is 3.43. The van der Waals surface area contributed by atoms with E-state index in [0.29, 0.717) is 11.1 Å². The molecule has 0 saturated heterocycles. The Morgan fingerprint density at radius 1 is 0.733 bits per heavy atom. The molecule has 2 N–H and O–H groups in total. The zero-order valence-electron chi connectivity index (χ0n) is 16.4. The third kappa shape index (κ3) is 3.41. The zero-order valence-corrected chi connectivity index (χ0v) is 16.4. The molecule has 1 fully saturated rings. The summed E-state index contributed by atoms with van der Waals surface area (Å²) in [5.41, 5.74) is 2.84. The number of hydrogen-bond donors (Lipinski definition) is 2. The first-order valence-electron chi connectivity index (χ1n) is 10.2. The van der Waals surface area contributed by atoms with Crippen molar-refractivity contribution in [2.45, 2.75) is 37.8 Å². The highest BCUT2D eigenvalue weighted by atomic mass is 16.2. The predicted octanol–water partition coefficient (Wildman–Crippen LogP) is 2.45. The van der Waals surface area contributed by atoms with E-state index in [1.165, 1.54) is 0 Å². The van der Waals surface area contributed by atoms with Gasteiger partial charge in [-0.1, -0.05) is 0 Å². The van der Waals surface area contributed by atoms with E-state index in [0.717, 1.165) is 36.7 Å². The van der Waals surface area contributed by atoms with Gasteiger partial charge in [0.1, 0.15) is 0 Å². The second-order valence-electron chi connectivity index (χ2n) is 7.66. The number of amides is 2. The highest BCUT2D eigenvalue weighted by molar-refractivity contribution is 6.01. The van der Waals surface area contributed by atoms with Crippen molar-refractivity contribution in [2.24, 2.45) is 0 Å². The van der Waals surface area contributed by atoms with Gasteiger partial charge in [-0.25, -0.2) is 9.03 Å². The van der Waals surface area contributed by atoms with Gasteiger partial charge in [0.15, 0.2) is 0 Å². The topological polar surface area (TPSA) is 92.8 Å². The third-order valence-corrected chi connectivity index (χ3v) is 5.76. The molecule has 0 atom stereocenters. The third-order valence-electron chi connectivity index (χ3n) is 5.76. The Labute approximate surface area is 172 Å². The Hall–Kier alpha value is -3.68. The molecule has 0 aliphatic heterocycles. The molecule has 1 aliphatic carbocycles. The van der Waals surface area contributed by atoms with Crippen molar-refractivity contribution in [2.75, 3.05) is 0 Å². The molecule has 1 saturated carbocycles. The fourth-order valence-electron chi connectivity index (χ4n) is 4.20. The van der Waals surface area contributed by atoms with E-state index in [1.807, 2.05) is 48.8 Å². The summed E-state index contributed by atoms with van der Waals surface area (Å²) in [5.74, 6) is -0.165. The first kappa shape index (κ1) is 18.4. The van der Waals surface area contributed by atoms with Crippen LogP contribution in [0, 0.1) is 0 Å². The average molecular weight is 402 g/mol. The highest BCUT2D eigenvalue weighted by Crippen LogP contribution is 2.21. The van der Waals surface area contributed by atoms with Crippen LogP contribution in [0.15, 0.2) is 61.2 Å². The van der Waals surface area contributed by atoms with Crippen molar-refractivity contribution < 1.29 is 9.59 Å². The van der Waals surface area contributed by atoms with Crippen molar-refractivity contribution in [3.05, 3.63) is 72.3 Å². The van der Waals surface area contributed by atoms with Crippen LogP contribution in [0.5, 0.6) is 0 Å². The fraction of sp³-hybridized carbons (Fsp3) is 0.273. The molecule has 0 unspecified atom stereocenters. The molecule has 5 rings (SSSR count). The van der Waals surface area contributed by atoms with Crippen LogP contribution in [-0.4, -0.2) is 43.1 Å². The van der Waals surface area contributed by atoms with Crippen molar-refractivity contribution >= 4 is 22.8 Å². The Morgan fingerprint density at radius 2 is 1.17 bits per heavy atom. The lowest BCUT2D eigenvalue weighted by atomic mass is 9.90. The normalized spacial score (nSPS) is 19.1. The van der Waals surface area contributed by atoms with Crippen LogP contribution in [-0.2, 0) is 0 Å². The first-order valence-corrected chi connectivity index (χ1v) is 10.2. The van der Waals surface area contributed by atoms with E-state index < -0.39 is 0 Å². The molecule has 4 heterocycles. The van der Waals surface area contributed by atoms with Crippen molar-refractivity contribution in [1.29, 1.82) is 0 Å². The summed E-state index contributed by atoms with van der Waals surface area (Å²) >= 11 is 0. The van der Waals surface area contributed by atoms with Crippen LogP contribution in [0.1, 0.15) is 46.4 Å². The molecule has 30 heavy (non-hydrogen) atoms. The Morgan fingerprint density at radius 3 is 1.60 bits per heavy atom. The van der Waals surface area contributed by atoms with Gasteiger partial charge in [-0.15, -0.1) is 0 Å². The number of fused-ring (bicyclic) bond motifs is 2. The summed E-state index contributed by atoms with van der Waals surface area (Å²) in [7, 11) is 0. The molecule has 4 aromatic heterocycles. The molecule has 0 bridgehead atoms. The Kier molecular flexibility index (Phi) is 4.66. The van der Waals surface area contributed by atoms with E-state index in [-0.39, 0.29) is 23.9 Å². The first-order chi connectivity index (χ1) is 14.7. The summed E-state index contributed by atoms with van der Waals surface area (Å²) in [6, 6.07) is 11.2. The quantitative estimate of drug-likeness (QED) is 0.548. The van der Waals surface area contributed by atoms with E-state index >= 15 is 0 Å². The molecule has 0 radical (unpaired) electrons. The molecule has 0 spiro atoms. The highest BCUT2D eigenvalue weighted by Gasteiger charge is 2.25. The fourth-order valence-corrected chi connectivity index (χ4v) is 4.20. The molecule has 0 aromatic carbocycles. The number of carbonyl (C=O) groups excluding carboxylic acids is 2. The van der Waals surface area contributed by atoms with Crippen molar-refractivity contribution in [3.8, 4) is 0 Å². The standard InChI is InChI=1S/C22H22N6O2/c29-21(17-3-1-13-27-19(17)9-11-23-27)25-15-5-7-16(8-6-15)26-22(30)18-4-2-14-28-20(18)10-12-24-28/h1-4,9-16H,5-8H2,(H,25,29)(H,26,30). The minimum Gasteiger partial charge on any atom is -0.349 e. The van der Waals surface area contributed by atoms with Crippen LogP contribution in [0.25, 0.3) is 11.0 Å². The van der Waals surface area contributed by atoms with E-state index in [9.17, 15) is 9.59 Å². The number of nitrogens with zero attached hydrogens (tertiary/aromatic N) is 4. The SMILES string of the molecule is O=C(NC1CCC(NC(=O)c2cccn3nccc23)CC1)c1cccn2nccc12. The van der Waals surface area contributed by atoms with Gasteiger partial charge in [0.25, 0.3) is 11.8 Å². The van der Waals surface area contributed by atoms with Gasteiger partial charge in [-0.05, 0) is 62.1 Å². The molecular weight excluding hydrogens is 380 g/mol. The van der Waals surface area contributed by atoms with Gasteiger partial charge in [0, 0.05) is 24.5 Å². The van der Waals surface area contributed by atoms with Crippen molar-refractivity contribution in [1.82, 2.24) is 29.9 Å². The van der Waals surface area contributed by atoms with E-state index in [2.05, 4.69) is 20.8 Å². The van der Waals surface area contributed by atoms with Crippen LogP contribution in [0.2, 0.25) is 0 Å². The van der Waals surface area contributed by atoms with Crippen LogP contribution in [0.4, 0.5) is 0 Å². The maximum atomic E-state index is 12.7. The van der Waals surface area contributed by atoms with Gasteiger partial charge in [-0.3, -0.25) is 9.59 Å². The molecule has 152 valence electrons. The number of pyridine rings is 2. The minimum absolute atomic E-state index is 0.0824. The van der Waals surface area contributed by atoms with Crippen molar-refractivity contribution in [3.63, 3.8) is 0 Å². The zero-order chi connectivity index (χ0) is 20.5. The maximum Gasteiger partial charge on any atom is 0.253 e. The molecule has 2 amide bonds. The number of rotatable bonds is 4. The Balaban J connectivity index is 1.18. The maximum absolute atomic E-state index is 12.7. The number of nitrogens with one attached hydrogen (secondary N) is 2. The lowest BCUT2D eigenvalue weighted by molar-refractivity contribution is 0.0893. The summed E-state index contributed by atoms with van der Waals surface area (Å²) in [6.45, 7) is 0. The number of carbonyl (C=O) groups is 2. The van der Waals surface area contributed by atoms with Gasteiger partial charge < -0.3 is 10.6 Å².